The zero-order valence-corrected chi connectivity index (χ0v) is 10.1. The highest BCUT2D eigenvalue weighted by atomic mass is 16.5. The second-order valence-electron chi connectivity index (χ2n) is 4.17. The lowest BCUT2D eigenvalue weighted by molar-refractivity contribution is -0.145. The molecule has 0 bridgehead atoms. The number of aliphatic carboxylic acids is 1. The molecule has 0 saturated carbocycles. The predicted octanol–water partition coefficient (Wildman–Crippen LogP) is 0.999. The van der Waals surface area contributed by atoms with Crippen molar-refractivity contribution in [2.24, 2.45) is 5.92 Å². The van der Waals surface area contributed by atoms with E-state index in [4.69, 9.17) is 9.84 Å². The second kappa shape index (κ2) is 5.08. The van der Waals surface area contributed by atoms with E-state index in [0.29, 0.717) is 18.9 Å². The van der Waals surface area contributed by atoms with Crippen molar-refractivity contribution in [3.05, 3.63) is 29.8 Å². The Hall–Kier alpha value is -2.04. The number of carboxylic acids is 1. The number of carbonyl (C=O) groups is 2. The minimum Gasteiger partial charge on any atom is -0.494 e. The van der Waals surface area contributed by atoms with Gasteiger partial charge in [0.1, 0.15) is 11.7 Å². The smallest absolute Gasteiger partial charge is 0.316 e. The summed E-state index contributed by atoms with van der Waals surface area (Å²) in [6.07, 6.45) is 0. The van der Waals surface area contributed by atoms with Crippen molar-refractivity contribution in [2.75, 3.05) is 13.2 Å². The van der Waals surface area contributed by atoms with E-state index in [1.54, 1.807) is 6.07 Å². The Bertz CT molecular complexity index is 472. The molecule has 5 heteroatoms. The van der Waals surface area contributed by atoms with Crippen LogP contribution >= 0.6 is 0 Å². The minimum absolute atomic E-state index is 0.338. The summed E-state index contributed by atoms with van der Waals surface area (Å²) in [5, 5.41) is 11.7. The van der Waals surface area contributed by atoms with E-state index in [-0.39, 0.29) is 5.92 Å². The number of benzene rings is 1. The molecule has 0 aliphatic carbocycles. The van der Waals surface area contributed by atoms with Crippen molar-refractivity contribution in [1.82, 2.24) is 5.32 Å². The number of hydrogen-bond acceptors (Lipinski definition) is 3. The van der Waals surface area contributed by atoms with E-state index < -0.39 is 17.8 Å². The number of amides is 1. The molecule has 0 unspecified atom stereocenters. The molecule has 1 aromatic rings. The van der Waals surface area contributed by atoms with Crippen LogP contribution in [-0.2, 0) is 9.59 Å². The Morgan fingerprint density at radius 1 is 1.56 bits per heavy atom. The van der Waals surface area contributed by atoms with Gasteiger partial charge in [0.15, 0.2) is 0 Å². The van der Waals surface area contributed by atoms with Gasteiger partial charge in [-0.1, -0.05) is 12.1 Å². The van der Waals surface area contributed by atoms with Crippen LogP contribution in [0.5, 0.6) is 5.75 Å². The molecule has 2 rings (SSSR count). The van der Waals surface area contributed by atoms with Crippen LogP contribution in [0.1, 0.15) is 18.4 Å². The third-order valence-electron chi connectivity index (χ3n) is 3.04. The molecule has 0 radical (unpaired) electrons. The monoisotopic (exact) mass is 249 g/mol. The van der Waals surface area contributed by atoms with Gasteiger partial charge in [0, 0.05) is 12.5 Å². The van der Waals surface area contributed by atoms with Gasteiger partial charge >= 0.3 is 5.97 Å². The summed E-state index contributed by atoms with van der Waals surface area (Å²) >= 11 is 0. The maximum atomic E-state index is 11.5. The summed E-state index contributed by atoms with van der Waals surface area (Å²) in [6, 6.07) is 7.24. The van der Waals surface area contributed by atoms with Crippen LogP contribution in [0.25, 0.3) is 0 Å². The van der Waals surface area contributed by atoms with Crippen molar-refractivity contribution in [1.29, 1.82) is 0 Å². The average molecular weight is 249 g/mol. The van der Waals surface area contributed by atoms with Gasteiger partial charge in [-0.25, -0.2) is 0 Å². The highest BCUT2D eigenvalue weighted by molar-refractivity contribution is 5.99. The van der Waals surface area contributed by atoms with E-state index in [9.17, 15) is 9.59 Å². The molecule has 1 amide bonds. The summed E-state index contributed by atoms with van der Waals surface area (Å²) in [5.74, 6) is -2.16. The largest absolute Gasteiger partial charge is 0.494 e. The van der Waals surface area contributed by atoms with Crippen LogP contribution in [0.2, 0.25) is 0 Å². The summed E-state index contributed by atoms with van der Waals surface area (Å²) in [5.41, 5.74) is 0.812. The minimum atomic E-state index is -1.09. The van der Waals surface area contributed by atoms with Gasteiger partial charge in [-0.05, 0) is 24.6 Å². The number of carbonyl (C=O) groups excluding carboxylic acids is 1. The van der Waals surface area contributed by atoms with Crippen LogP contribution in [0.3, 0.4) is 0 Å². The van der Waals surface area contributed by atoms with Gasteiger partial charge in [0.2, 0.25) is 5.91 Å². The Kier molecular flexibility index (Phi) is 3.50. The number of nitrogens with one attached hydrogen (secondary N) is 1. The first kappa shape index (κ1) is 12.4. The summed E-state index contributed by atoms with van der Waals surface area (Å²) in [4.78, 5) is 22.6. The third-order valence-corrected chi connectivity index (χ3v) is 3.04. The number of ether oxygens (including phenoxy) is 1. The van der Waals surface area contributed by atoms with Gasteiger partial charge < -0.3 is 15.2 Å². The second-order valence-corrected chi connectivity index (χ2v) is 4.17. The first-order chi connectivity index (χ1) is 8.63. The fourth-order valence-corrected chi connectivity index (χ4v) is 2.22. The standard InChI is InChI=1S/C13H15NO4/c1-2-18-9-5-3-4-8(6-9)10-7-14-12(15)11(10)13(16)17/h3-6,10-11H,2,7H2,1H3,(H,14,15)(H,16,17)/t10-,11-/m0/s1. The van der Waals surface area contributed by atoms with E-state index >= 15 is 0 Å². The highest BCUT2D eigenvalue weighted by Gasteiger charge is 2.41. The van der Waals surface area contributed by atoms with Gasteiger partial charge in [0.25, 0.3) is 0 Å². The Morgan fingerprint density at radius 2 is 2.33 bits per heavy atom. The topological polar surface area (TPSA) is 75.6 Å². The zero-order valence-electron chi connectivity index (χ0n) is 10.1. The van der Waals surface area contributed by atoms with E-state index in [2.05, 4.69) is 5.32 Å². The SMILES string of the molecule is CCOc1cccc([C@@H]2CNC(=O)[C@H]2C(=O)O)c1. The molecule has 1 aliphatic heterocycles. The van der Waals surface area contributed by atoms with Crippen LogP contribution < -0.4 is 10.1 Å². The normalized spacial score (nSPS) is 22.6. The zero-order chi connectivity index (χ0) is 13.1. The lowest BCUT2D eigenvalue weighted by Crippen LogP contribution is -2.26. The summed E-state index contributed by atoms with van der Waals surface area (Å²) in [7, 11) is 0. The molecule has 2 N–H and O–H groups in total. The molecule has 5 nitrogen and oxygen atoms in total. The molecular formula is C13H15NO4. The molecule has 1 saturated heterocycles. The van der Waals surface area contributed by atoms with Gasteiger partial charge in [0.05, 0.1) is 6.61 Å². The average Bonchev–Trinajstić information content (AvgIpc) is 2.72. The molecule has 2 atom stereocenters. The summed E-state index contributed by atoms with van der Waals surface area (Å²) < 4.78 is 5.38. The molecule has 1 heterocycles. The first-order valence-electron chi connectivity index (χ1n) is 5.86. The lowest BCUT2D eigenvalue weighted by Gasteiger charge is -2.14. The summed E-state index contributed by atoms with van der Waals surface area (Å²) in [6.45, 7) is 2.78. The van der Waals surface area contributed by atoms with Crippen LogP contribution in [-0.4, -0.2) is 30.1 Å². The van der Waals surface area contributed by atoms with Crippen LogP contribution in [0, 0.1) is 5.92 Å². The van der Waals surface area contributed by atoms with Crippen LogP contribution in [0.15, 0.2) is 24.3 Å². The Labute approximate surface area is 105 Å². The van der Waals surface area contributed by atoms with Crippen molar-refractivity contribution >= 4 is 11.9 Å². The van der Waals surface area contributed by atoms with Crippen molar-refractivity contribution < 1.29 is 19.4 Å². The van der Waals surface area contributed by atoms with Crippen LogP contribution in [0.4, 0.5) is 0 Å². The number of carboxylic acid groups (broad SMARTS) is 1. The third kappa shape index (κ3) is 2.30. The Balaban J connectivity index is 2.27. The van der Waals surface area contributed by atoms with Gasteiger partial charge in [-0.3, -0.25) is 9.59 Å². The van der Waals surface area contributed by atoms with Gasteiger partial charge in [-0.2, -0.15) is 0 Å². The lowest BCUT2D eigenvalue weighted by atomic mass is 9.88. The van der Waals surface area contributed by atoms with Crippen molar-refractivity contribution in [2.45, 2.75) is 12.8 Å². The van der Waals surface area contributed by atoms with E-state index in [1.807, 2.05) is 25.1 Å². The molecule has 18 heavy (non-hydrogen) atoms. The fraction of sp³-hybridized carbons (Fsp3) is 0.385. The highest BCUT2D eigenvalue weighted by Crippen LogP contribution is 2.31. The van der Waals surface area contributed by atoms with E-state index in [0.717, 1.165) is 5.56 Å². The van der Waals surface area contributed by atoms with Crippen molar-refractivity contribution in [3.8, 4) is 5.75 Å². The molecule has 0 spiro atoms. The van der Waals surface area contributed by atoms with Gasteiger partial charge in [-0.15, -0.1) is 0 Å². The first-order valence-corrected chi connectivity index (χ1v) is 5.86. The molecular weight excluding hydrogens is 234 g/mol. The molecule has 1 aliphatic rings. The maximum Gasteiger partial charge on any atom is 0.316 e. The van der Waals surface area contributed by atoms with E-state index in [1.165, 1.54) is 0 Å². The molecule has 1 fully saturated rings. The number of hydrogen-bond donors (Lipinski definition) is 2. The molecule has 96 valence electrons. The Morgan fingerprint density at radius 3 is 3.00 bits per heavy atom. The van der Waals surface area contributed by atoms with Crippen molar-refractivity contribution in [3.63, 3.8) is 0 Å². The predicted molar refractivity (Wildman–Crippen MR) is 64.5 cm³/mol. The fourth-order valence-electron chi connectivity index (χ4n) is 2.22. The molecule has 0 aromatic heterocycles. The number of rotatable bonds is 4. The maximum absolute atomic E-state index is 11.5. The molecule has 1 aromatic carbocycles. The quantitative estimate of drug-likeness (QED) is 0.780.